The fraction of sp³-hybridized carbons (Fsp3) is 0.500. The number of hydrogen-bond donors (Lipinski definition) is 2. The summed E-state index contributed by atoms with van der Waals surface area (Å²) in [5.74, 6) is -0.983. The van der Waals surface area contributed by atoms with Gasteiger partial charge in [0.15, 0.2) is 5.69 Å². The van der Waals surface area contributed by atoms with Crippen LogP contribution >= 0.6 is 0 Å². The maximum absolute atomic E-state index is 10.9. The minimum atomic E-state index is -1.22. The Hall–Kier alpha value is -2.22. The van der Waals surface area contributed by atoms with E-state index in [1.165, 1.54) is 0 Å². The number of pyridine rings is 1. The molecule has 0 amide bonds. The van der Waals surface area contributed by atoms with E-state index in [9.17, 15) is 14.9 Å². The van der Waals surface area contributed by atoms with Crippen molar-refractivity contribution in [1.82, 2.24) is 4.98 Å². The van der Waals surface area contributed by atoms with E-state index in [0.717, 1.165) is 31.6 Å². The van der Waals surface area contributed by atoms with Gasteiger partial charge in [-0.2, -0.15) is 0 Å². The number of carboxylic acid groups (broad SMARTS) is 1. The van der Waals surface area contributed by atoms with Crippen molar-refractivity contribution in [3.63, 3.8) is 0 Å². The molecule has 0 bridgehead atoms. The van der Waals surface area contributed by atoms with Crippen LogP contribution in [0.25, 0.3) is 0 Å². The van der Waals surface area contributed by atoms with Crippen molar-refractivity contribution in [2.45, 2.75) is 12.8 Å². The van der Waals surface area contributed by atoms with Gasteiger partial charge in [-0.15, -0.1) is 0 Å². The Bertz CT molecular complexity index is 514. The number of nitro groups is 1. The van der Waals surface area contributed by atoms with Crippen LogP contribution in [0, 0.1) is 16.0 Å². The number of aromatic nitrogens is 1. The fourth-order valence-corrected chi connectivity index (χ4v) is 2.06. The first kappa shape index (κ1) is 14.2. The van der Waals surface area contributed by atoms with Gasteiger partial charge < -0.3 is 15.2 Å². The number of carboxylic acids is 1. The molecule has 1 fully saturated rings. The van der Waals surface area contributed by atoms with Gasteiger partial charge in [0.2, 0.25) is 5.82 Å². The maximum atomic E-state index is 10.9. The van der Waals surface area contributed by atoms with Crippen LogP contribution in [0.15, 0.2) is 12.1 Å². The molecule has 2 rings (SSSR count). The van der Waals surface area contributed by atoms with Gasteiger partial charge in [0, 0.05) is 19.2 Å². The van der Waals surface area contributed by atoms with Gasteiger partial charge in [-0.1, -0.05) is 0 Å². The van der Waals surface area contributed by atoms with Gasteiger partial charge in [0.1, 0.15) is 0 Å². The molecule has 20 heavy (non-hydrogen) atoms. The molecule has 2 heterocycles. The van der Waals surface area contributed by atoms with Crippen LogP contribution in [0.3, 0.4) is 0 Å². The number of hydrogen-bond acceptors (Lipinski definition) is 6. The molecule has 108 valence electrons. The molecule has 0 aromatic carbocycles. The van der Waals surface area contributed by atoms with Gasteiger partial charge in [0.25, 0.3) is 0 Å². The van der Waals surface area contributed by atoms with Crippen molar-refractivity contribution >= 4 is 17.5 Å². The zero-order chi connectivity index (χ0) is 14.5. The van der Waals surface area contributed by atoms with E-state index in [0.29, 0.717) is 13.2 Å². The molecule has 0 spiro atoms. The Morgan fingerprint density at radius 1 is 1.60 bits per heavy atom. The Balaban J connectivity index is 2.12. The van der Waals surface area contributed by atoms with Crippen LogP contribution in [0.1, 0.15) is 23.3 Å². The Kier molecular flexibility index (Phi) is 4.46. The van der Waals surface area contributed by atoms with Crippen LogP contribution in [0.2, 0.25) is 0 Å². The van der Waals surface area contributed by atoms with Gasteiger partial charge >= 0.3 is 11.7 Å². The highest BCUT2D eigenvalue weighted by molar-refractivity contribution is 5.86. The van der Waals surface area contributed by atoms with E-state index in [1.54, 1.807) is 0 Å². The van der Waals surface area contributed by atoms with E-state index >= 15 is 0 Å². The van der Waals surface area contributed by atoms with Gasteiger partial charge in [-0.25, -0.2) is 9.78 Å². The van der Waals surface area contributed by atoms with Crippen molar-refractivity contribution in [3.8, 4) is 0 Å². The minimum Gasteiger partial charge on any atom is -0.477 e. The molecule has 0 radical (unpaired) electrons. The number of aromatic carboxylic acids is 1. The lowest BCUT2D eigenvalue weighted by atomic mass is 10.0. The molecule has 1 saturated heterocycles. The van der Waals surface area contributed by atoms with E-state index in [-0.39, 0.29) is 23.1 Å². The molecule has 1 aromatic rings. The second-order valence-electron chi connectivity index (χ2n) is 4.59. The van der Waals surface area contributed by atoms with Gasteiger partial charge in [0.05, 0.1) is 11.5 Å². The smallest absolute Gasteiger partial charge is 0.354 e. The van der Waals surface area contributed by atoms with Gasteiger partial charge in [-0.05, 0) is 24.8 Å². The first-order chi connectivity index (χ1) is 9.58. The molecular formula is C12H15N3O5. The SMILES string of the molecule is O=C(O)c1ccc([N+](=O)[O-])c(NCC2CCCOC2)n1. The topological polar surface area (TPSA) is 115 Å². The normalized spacial score (nSPS) is 18.5. The molecule has 1 aliphatic heterocycles. The average Bonchev–Trinajstić information content (AvgIpc) is 2.45. The largest absolute Gasteiger partial charge is 0.477 e. The quantitative estimate of drug-likeness (QED) is 0.621. The fourth-order valence-electron chi connectivity index (χ4n) is 2.06. The Labute approximate surface area is 114 Å². The van der Waals surface area contributed by atoms with E-state index in [2.05, 4.69) is 10.3 Å². The highest BCUT2D eigenvalue weighted by atomic mass is 16.6. The lowest BCUT2D eigenvalue weighted by molar-refractivity contribution is -0.384. The van der Waals surface area contributed by atoms with Crippen molar-refractivity contribution in [2.75, 3.05) is 25.1 Å². The molecule has 0 aliphatic carbocycles. The van der Waals surface area contributed by atoms with E-state index < -0.39 is 10.9 Å². The summed E-state index contributed by atoms with van der Waals surface area (Å²) in [5, 5.41) is 22.6. The first-order valence-corrected chi connectivity index (χ1v) is 6.28. The standard InChI is InChI=1S/C12H15N3O5/c16-12(17)9-3-4-10(15(18)19)11(14-9)13-6-8-2-1-5-20-7-8/h3-4,8H,1-2,5-7H2,(H,13,14)(H,16,17). The van der Waals surface area contributed by atoms with Crippen LogP contribution in [0.4, 0.5) is 11.5 Å². The number of nitrogens with zero attached hydrogens (tertiary/aromatic N) is 2. The zero-order valence-corrected chi connectivity index (χ0v) is 10.7. The lowest BCUT2D eigenvalue weighted by Gasteiger charge is -2.22. The van der Waals surface area contributed by atoms with E-state index in [1.807, 2.05) is 0 Å². The molecule has 1 atom stereocenters. The third-order valence-electron chi connectivity index (χ3n) is 3.10. The molecule has 0 saturated carbocycles. The average molecular weight is 281 g/mol. The Morgan fingerprint density at radius 3 is 3.00 bits per heavy atom. The second-order valence-corrected chi connectivity index (χ2v) is 4.59. The Morgan fingerprint density at radius 2 is 2.40 bits per heavy atom. The number of nitrogens with one attached hydrogen (secondary N) is 1. The summed E-state index contributed by atoms with van der Waals surface area (Å²) in [7, 11) is 0. The predicted octanol–water partition coefficient (Wildman–Crippen LogP) is 1.53. The van der Waals surface area contributed by atoms with Crippen molar-refractivity contribution in [2.24, 2.45) is 5.92 Å². The molecular weight excluding hydrogens is 266 g/mol. The summed E-state index contributed by atoms with van der Waals surface area (Å²) in [6.45, 7) is 1.81. The molecule has 8 heteroatoms. The third-order valence-corrected chi connectivity index (χ3v) is 3.10. The maximum Gasteiger partial charge on any atom is 0.354 e. The second kappa shape index (κ2) is 6.29. The van der Waals surface area contributed by atoms with Crippen molar-refractivity contribution in [1.29, 1.82) is 0 Å². The highest BCUT2D eigenvalue weighted by Crippen LogP contribution is 2.23. The monoisotopic (exact) mass is 281 g/mol. The zero-order valence-electron chi connectivity index (χ0n) is 10.7. The van der Waals surface area contributed by atoms with Crippen LogP contribution in [-0.2, 0) is 4.74 Å². The third kappa shape index (κ3) is 3.41. The minimum absolute atomic E-state index is 0.0135. The summed E-state index contributed by atoms with van der Waals surface area (Å²) >= 11 is 0. The number of rotatable bonds is 5. The molecule has 1 aromatic heterocycles. The van der Waals surface area contributed by atoms with Crippen molar-refractivity contribution < 1.29 is 19.6 Å². The summed E-state index contributed by atoms with van der Waals surface area (Å²) in [6.07, 6.45) is 1.93. The number of carbonyl (C=O) groups is 1. The summed E-state index contributed by atoms with van der Waals surface area (Å²) in [5.41, 5.74) is -0.454. The molecule has 2 N–H and O–H groups in total. The number of anilines is 1. The lowest BCUT2D eigenvalue weighted by Crippen LogP contribution is -2.25. The summed E-state index contributed by atoms with van der Waals surface area (Å²) < 4.78 is 5.32. The molecule has 1 aliphatic rings. The predicted molar refractivity (Wildman–Crippen MR) is 69.9 cm³/mol. The van der Waals surface area contributed by atoms with E-state index in [4.69, 9.17) is 9.84 Å². The first-order valence-electron chi connectivity index (χ1n) is 6.28. The molecule has 8 nitrogen and oxygen atoms in total. The van der Waals surface area contributed by atoms with Crippen molar-refractivity contribution in [3.05, 3.63) is 27.9 Å². The molecule has 1 unspecified atom stereocenters. The van der Waals surface area contributed by atoms with Gasteiger partial charge in [-0.3, -0.25) is 10.1 Å². The van der Waals surface area contributed by atoms with Crippen LogP contribution in [-0.4, -0.2) is 40.7 Å². The number of ether oxygens (including phenoxy) is 1. The summed E-state index contributed by atoms with van der Waals surface area (Å²) in [6, 6.07) is 2.27. The van der Waals surface area contributed by atoms with Crippen LogP contribution < -0.4 is 5.32 Å². The summed E-state index contributed by atoms with van der Waals surface area (Å²) in [4.78, 5) is 25.0. The highest BCUT2D eigenvalue weighted by Gasteiger charge is 2.20. The van der Waals surface area contributed by atoms with Crippen LogP contribution in [0.5, 0.6) is 0 Å².